The van der Waals surface area contributed by atoms with Crippen LogP contribution in [0.25, 0.3) is 0 Å². The quantitative estimate of drug-likeness (QED) is 0.665. The van der Waals surface area contributed by atoms with Crippen molar-refractivity contribution in [1.82, 2.24) is 0 Å². The fraction of sp³-hybridized carbons (Fsp3) is 0.455. The summed E-state index contributed by atoms with van der Waals surface area (Å²) in [6, 6.07) is 3.51. The van der Waals surface area contributed by atoms with Crippen LogP contribution >= 0.6 is 34.4 Å². The van der Waals surface area contributed by atoms with Gasteiger partial charge in [-0.15, -0.1) is 0 Å². The minimum atomic E-state index is -0.215. The highest BCUT2D eigenvalue weighted by Crippen LogP contribution is 2.28. The van der Waals surface area contributed by atoms with Gasteiger partial charge in [0.2, 0.25) is 0 Å². The fourth-order valence-corrected chi connectivity index (χ4v) is 2.64. The first kappa shape index (κ1) is 13.9. The summed E-state index contributed by atoms with van der Waals surface area (Å²) in [7, 11) is 1.94. The highest BCUT2D eigenvalue weighted by Gasteiger charge is 2.14. The van der Waals surface area contributed by atoms with Crippen LogP contribution in [0.4, 0.5) is 15.8 Å². The number of benzene rings is 1. The number of hydrogen-bond donors (Lipinski definition) is 1. The van der Waals surface area contributed by atoms with E-state index in [0.29, 0.717) is 15.3 Å². The van der Waals surface area contributed by atoms with Crippen molar-refractivity contribution in [3.63, 3.8) is 0 Å². The van der Waals surface area contributed by atoms with Crippen molar-refractivity contribution in [3.8, 4) is 0 Å². The molecule has 0 saturated carbocycles. The molecule has 0 spiro atoms. The molecule has 0 fully saturated rings. The number of halogens is 2. The van der Waals surface area contributed by atoms with Crippen LogP contribution in [0.3, 0.4) is 0 Å². The molecule has 1 aromatic carbocycles. The Kier molecular flexibility index (Phi) is 5.17. The lowest BCUT2D eigenvalue weighted by molar-refractivity contribution is 0.619. The molecule has 0 bridgehead atoms. The van der Waals surface area contributed by atoms with E-state index in [1.807, 2.05) is 34.5 Å². The molecule has 2 N–H and O–H groups in total. The summed E-state index contributed by atoms with van der Waals surface area (Å²) in [4.78, 5) is 2.02. The van der Waals surface area contributed by atoms with E-state index in [1.165, 1.54) is 6.07 Å². The van der Waals surface area contributed by atoms with Crippen LogP contribution in [0, 0.1) is 9.39 Å². The van der Waals surface area contributed by atoms with Gasteiger partial charge < -0.3 is 10.6 Å². The third-order valence-electron chi connectivity index (χ3n) is 2.52. The van der Waals surface area contributed by atoms with Gasteiger partial charge in [-0.2, -0.15) is 11.8 Å². The van der Waals surface area contributed by atoms with Crippen molar-refractivity contribution in [3.05, 3.63) is 21.5 Å². The van der Waals surface area contributed by atoms with Crippen LogP contribution in [0.1, 0.15) is 6.92 Å². The monoisotopic (exact) mass is 354 g/mol. The molecule has 0 aliphatic heterocycles. The van der Waals surface area contributed by atoms with Gasteiger partial charge in [0.1, 0.15) is 5.82 Å². The molecule has 0 amide bonds. The van der Waals surface area contributed by atoms with Gasteiger partial charge in [0.25, 0.3) is 0 Å². The molecule has 0 radical (unpaired) electrons. The van der Waals surface area contributed by atoms with Gasteiger partial charge in [-0.25, -0.2) is 4.39 Å². The Morgan fingerprint density at radius 1 is 1.56 bits per heavy atom. The van der Waals surface area contributed by atoms with Crippen molar-refractivity contribution in [2.75, 3.05) is 29.7 Å². The third-order valence-corrected chi connectivity index (χ3v) is 4.16. The molecule has 0 aromatic heterocycles. The molecular weight excluding hydrogens is 338 g/mol. The number of thioether (sulfide) groups is 1. The maximum absolute atomic E-state index is 13.5. The van der Waals surface area contributed by atoms with Gasteiger partial charge in [-0.3, -0.25) is 0 Å². The fourth-order valence-electron chi connectivity index (χ4n) is 1.45. The minimum absolute atomic E-state index is 0.215. The Morgan fingerprint density at radius 3 is 2.75 bits per heavy atom. The second-order valence-corrected chi connectivity index (χ2v) is 5.81. The van der Waals surface area contributed by atoms with Crippen LogP contribution < -0.4 is 10.6 Å². The van der Waals surface area contributed by atoms with Crippen molar-refractivity contribution in [2.24, 2.45) is 0 Å². The van der Waals surface area contributed by atoms with Crippen LogP contribution in [0.15, 0.2) is 12.1 Å². The lowest BCUT2D eigenvalue weighted by atomic mass is 10.2. The summed E-state index contributed by atoms with van der Waals surface area (Å²) in [5.41, 5.74) is 7.29. The number of nitrogen functional groups attached to an aromatic ring is 1. The van der Waals surface area contributed by atoms with Crippen molar-refractivity contribution >= 4 is 45.7 Å². The average molecular weight is 354 g/mol. The standard InChI is InChI=1S/C11H16FIN2S/c1-7(6-16-3)15(2)11-4-8(12)9(13)5-10(11)14/h4-5,7H,6,14H2,1-3H3. The van der Waals surface area contributed by atoms with Gasteiger partial charge in [-0.05, 0) is 41.8 Å². The van der Waals surface area contributed by atoms with E-state index in [9.17, 15) is 4.39 Å². The number of hydrogen-bond acceptors (Lipinski definition) is 3. The topological polar surface area (TPSA) is 29.3 Å². The minimum Gasteiger partial charge on any atom is -0.397 e. The molecule has 1 unspecified atom stereocenters. The molecule has 1 atom stereocenters. The van der Waals surface area contributed by atoms with Crippen molar-refractivity contribution in [1.29, 1.82) is 0 Å². The maximum Gasteiger partial charge on any atom is 0.138 e. The van der Waals surface area contributed by atoms with E-state index in [-0.39, 0.29) is 5.82 Å². The van der Waals surface area contributed by atoms with Crippen molar-refractivity contribution in [2.45, 2.75) is 13.0 Å². The molecule has 16 heavy (non-hydrogen) atoms. The predicted molar refractivity (Wildman–Crippen MR) is 79.8 cm³/mol. The Bertz CT molecular complexity index is 373. The van der Waals surface area contributed by atoms with Crippen LogP contribution in [-0.4, -0.2) is 25.1 Å². The first-order valence-electron chi connectivity index (χ1n) is 4.93. The lowest BCUT2D eigenvalue weighted by Crippen LogP contribution is -2.31. The normalized spacial score (nSPS) is 12.6. The maximum atomic E-state index is 13.5. The highest BCUT2D eigenvalue weighted by molar-refractivity contribution is 14.1. The van der Waals surface area contributed by atoms with Gasteiger partial charge in [0, 0.05) is 24.9 Å². The van der Waals surface area contributed by atoms with E-state index in [1.54, 1.807) is 17.8 Å². The number of nitrogens with zero attached hydrogens (tertiary/aromatic N) is 1. The number of nitrogens with two attached hydrogens (primary N) is 1. The molecular formula is C11H16FIN2S. The molecule has 90 valence electrons. The van der Waals surface area contributed by atoms with E-state index >= 15 is 0 Å². The lowest BCUT2D eigenvalue weighted by Gasteiger charge is -2.27. The molecule has 2 nitrogen and oxygen atoms in total. The molecule has 0 saturated heterocycles. The first-order valence-corrected chi connectivity index (χ1v) is 7.41. The Hall–Kier alpha value is -0.170. The molecule has 1 aromatic rings. The van der Waals surface area contributed by atoms with E-state index in [2.05, 4.69) is 13.2 Å². The highest BCUT2D eigenvalue weighted by atomic mass is 127. The van der Waals surface area contributed by atoms with Gasteiger partial charge in [-0.1, -0.05) is 0 Å². The van der Waals surface area contributed by atoms with Crippen molar-refractivity contribution < 1.29 is 4.39 Å². The van der Waals surface area contributed by atoms with E-state index in [4.69, 9.17) is 5.73 Å². The second kappa shape index (κ2) is 5.95. The molecule has 0 aliphatic carbocycles. The zero-order valence-corrected chi connectivity index (χ0v) is 12.6. The Labute approximate surface area is 114 Å². The molecule has 5 heteroatoms. The summed E-state index contributed by atoms with van der Waals surface area (Å²) >= 11 is 3.71. The van der Waals surface area contributed by atoms with Crippen LogP contribution in [0.2, 0.25) is 0 Å². The predicted octanol–water partition coefficient (Wildman–Crippen LogP) is 3.20. The smallest absolute Gasteiger partial charge is 0.138 e. The van der Waals surface area contributed by atoms with Gasteiger partial charge in [0.05, 0.1) is 14.9 Å². The van der Waals surface area contributed by atoms with Gasteiger partial charge >= 0.3 is 0 Å². The van der Waals surface area contributed by atoms with Crippen LogP contribution in [0.5, 0.6) is 0 Å². The number of rotatable bonds is 4. The first-order chi connectivity index (χ1) is 7.47. The summed E-state index contributed by atoms with van der Waals surface area (Å²) < 4.78 is 14.0. The zero-order chi connectivity index (χ0) is 12.3. The van der Waals surface area contributed by atoms with E-state index in [0.717, 1.165) is 11.4 Å². The molecule has 0 heterocycles. The van der Waals surface area contributed by atoms with Gasteiger partial charge in [0.15, 0.2) is 0 Å². The Morgan fingerprint density at radius 2 is 2.19 bits per heavy atom. The van der Waals surface area contributed by atoms with E-state index < -0.39 is 0 Å². The second-order valence-electron chi connectivity index (χ2n) is 3.74. The largest absolute Gasteiger partial charge is 0.397 e. The Balaban J connectivity index is 2.99. The summed E-state index contributed by atoms with van der Waals surface area (Å²) in [6.45, 7) is 2.10. The average Bonchev–Trinajstić information content (AvgIpc) is 2.23. The SMILES string of the molecule is CSCC(C)N(C)c1cc(F)c(I)cc1N. The summed E-state index contributed by atoms with van der Waals surface area (Å²) in [5.74, 6) is 0.775. The summed E-state index contributed by atoms with van der Waals surface area (Å²) in [5, 5.41) is 0. The number of anilines is 2. The van der Waals surface area contributed by atoms with Crippen LogP contribution in [-0.2, 0) is 0 Å². The zero-order valence-electron chi connectivity index (χ0n) is 9.63. The summed E-state index contributed by atoms with van der Waals surface area (Å²) in [6.07, 6.45) is 2.06. The molecule has 1 rings (SSSR count). The molecule has 0 aliphatic rings. The third kappa shape index (κ3) is 3.16.